The molecule has 0 spiro atoms. The van der Waals surface area contributed by atoms with Gasteiger partial charge in [0.15, 0.2) is 0 Å². The lowest BCUT2D eigenvalue weighted by Gasteiger charge is -2.05. The largest absolute Gasteiger partial charge is 0.383 e. The zero-order chi connectivity index (χ0) is 16.8. The number of hydrogen-bond acceptors (Lipinski definition) is 4. The molecule has 0 aliphatic carbocycles. The van der Waals surface area contributed by atoms with E-state index in [1.807, 2.05) is 41.2 Å². The van der Waals surface area contributed by atoms with Gasteiger partial charge in [-0.05, 0) is 18.2 Å². The van der Waals surface area contributed by atoms with E-state index in [4.69, 9.17) is 4.74 Å². The Morgan fingerprint density at radius 1 is 1.29 bits per heavy atom. The van der Waals surface area contributed by atoms with Crippen LogP contribution in [0.4, 0.5) is 0 Å². The fraction of sp³-hybridized carbons (Fsp3) is 0.176. The third-order valence-corrected chi connectivity index (χ3v) is 4.86. The third-order valence-electron chi connectivity index (χ3n) is 3.31. The van der Waals surface area contributed by atoms with Crippen LogP contribution in [0.2, 0.25) is 0 Å². The maximum Gasteiger partial charge on any atom is 0.206 e. The van der Waals surface area contributed by atoms with E-state index in [1.165, 1.54) is 0 Å². The Hall–Kier alpha value is -1.96. The Labute approximate surface area is 152 Å². The molecule has 1 N–H and O–H groups in total. The molecule has 0 saturated heterocycles. The van der Waals surface area contributed by atoms with Crippen LogP contribution in [-0.4, -0.2) is 36.1 Å². The number of ether oxygens (including phenoxy) is 1. The van der Waals surface area contributed by atoms with Gasteiger partial charge in [-0.3, -0.25) is 4.99 Å². The van der Waals surface area contributed by atoms with Crippen LogP contribution in [0.1, 0.15) is 5.69 Å². The number of benzene rings is 1. The van der Waals surface area contributed by atoms with Crippen LogP contribution in [0.15, 0.2) is 62.5 Å². The summed E-state index contributed by atoms with van der Waals surface area (Å²) in [6.07, 6.45) is 3.67. The van der Waals surface area contributed by atoms with Gasteiger partial charge in [0.05, 0.1) is 30.8 Å². The first-order valence-corrected chi connectivity index (χ1v) is 9.09. The van der Waals surface area contributed by atoms with E-state index in [1.54, 1.807) is 24.7 Å². The normalized spacial score (nSPS) is 12.3. The number of aromatic nitrogens is 2. The second-order valence-corrected chi connectivity index (χ2v) is 6.63. The van der Waals surface area contributed by atoms with Gasteiger partial charge in [-0.1, -0.05) is 34.1 Å². The molecule has 0 aliphatic rings. The summed E-state index contributed by atoms with van der Waals surface area (Å²) in [5.74, 6) is 0. The first kappa shape index (κ1) is 16.9. The van der Waals surface area contributed by atoms with Crippen LogP contribution in [0, 0.1) is 0 Å². The van der Waals surface area contributed by atoms with E-state index in [0.29, 0.717) is 13.2 Å². The SMILES string of the molecule is COCCN=c1scc(-c2ccccc2Br)n1N=Cc1ccc[nH]1. The van der Waals surface area contributed by atoms with Crippen molar-refractivity contribution in [2.45, 2.75) is 0 Å². The summed E-state index contributed by atoms with van der Waals surface area (Å²) in [6, 6.07) is 12.0. The van der Waals surface area contributed by atoms with E-state index >= 15 is 0 Å². The summed E-state index contributed by atoms with van der Waals surface area (Å²) in [5, 5.41) is 6.69. The van der Waals surface area contributed by atoms with Crippen molar-refractivity contribution in [2.75, 3.05) is 20.3 Å². The van der Waals surface area contributed by atoms with Crippen molar-refractivity contribution in [1.29, 1.82) is 0 Å². The quantitative estimate of drug-likeness (QED) is 0.493. The van der Waals surface area contributed by atoms with Crippen LogP contribution >= 0.6 is 27.3 Å². The predicted molar refractivity (Wildman–Crippen MR) is 102 cm³/mol. The predicted octanol–water partition coefficient (Wildman–Crippen LogP) is 3.74. The zero-order valence-electron chi connectivity index (χ0n) is 13.1. The Morgan fingerprint density at radius 2 is 2.17 bits per heavy atom. The Bertz CT molecular complexity index is 880. The summed E-state index contributed by atoms with van der Waals surface area (Å²) >= 11 is 5.18. The fourth-order valence-electron chi connectivity index (χ4n) is 2.15. The number of thiazole rings is 1. The number of H-pyrrole nitrogens is 1. The van der Waals surface area contributed by atoms with Gasteiger partial charge in [0.1, 0.15) is 0 Å². The maximum absolute atomic E-state index is 5.08. The molecule has 0 amide bonds. The molecule has 0 radical (unpaired) electrons. The Balaban J connectivity index is 2.06. The van der Waals surface area contributed by atoms with Crippen molar-refractivity contribution in [3.63, 3.8) is 0 Å². The van der Waals surface area contributed by atoms with Crippen molar-refractivity contribution >= 4 is 33.5 Å². The van der Waals surface area contributed by atoms with E-state index in [0.717, 1.165) is 26.2 Å². The van der Waals surface area contributed by atoms with Crippen molar-refractivity contribution in [3.05, 3.63) is 62.9 Å². The van der Waals surface area contributed by atoms with Gasteiger partial charge >= 0.3 is 0 Å². The van der Waals surface area contributed by atoms with E-state index in [-0.39, 0.29) is 0 Å². The number of nitrogens with zero attached hydrogens (tertiary/aromatic N) is 3. The van der Waals surface area contributed by atoms with Gasteiger partial charge in [0.25, 0.3) is 0 Å². The molecule has 0 fully saturated rings. The molecule has 0 unspecified atom stereocenters. The Kier molecular flexibility index (Phi) is 5.79. The van der Waals surface area contributed by atoms with Crippen molar-refractivity contribution < 1.29 is 4.74 Å². The zero-order valence-corrected chi connectivity index (χ0v) is 15.5. The highest BCUT2D eigenvalue weighted by molar-refractivity contribution is 9.10. The number of hydrogen-bond donors (Lipinski definition) is 1. The second kappa shape index (κ2) is 8.23. The molecule has 7 heteroatoms. The van der Waals surface area contributed by atoms with Gasteiger partial charge < -0.3 is 9.72 Å². The lowest BCUT2D eigenvalue weighted by molar-refractivity contribution is 0.207. The number of halogens is 1. The highest BCUT2D eigenvalue weighted by Crippen LogP contribution is 2.28. The molecule has 124 valence electrons. The van der Waals surface area contributed by atoms with Gasteiger partial charge in [-0.2, -0.15) is 5.10 Å². The molecule has 2 aromatic heterocycles. The molecule has 0 saturated carbocycles. The fourth-order valence-corrected chi connectivity index (χ4v) is 3.49. The molecule has 5 nitrogen and oxygen atoms in total. The highest BCUT2D eigenvalue weighted by atomic mass is 79.9. The topological polar surface area (TPSA) is 54.7 Å². The molecule has 0 aliphatic heterocycles. The smallest absolute Gasteiger partial charge is 0.206 e. The van der Waals surface area contributed by atoms with Crippen LogP contribution in [0.3, 0.4) is 0 Å². The molecular weight excluding hydrogens is 388 g/mol. The number of methoxy groups -OCH3 is 1. The first-order valence-electron chi connectivity index (χ1n) is 7.42. The average Bonchev–Trinajstić information content (AvgIpc) is 3.23. The van der Waals surface area contributed by atoms with Crippen molar-refractivity contribution in [2.24, 2.45) is 10.1 Å². The van der Waals surface area contributed by atoms with Crippen LogP contribution in [-0.2, 0) is 4.74 Å². The van der Waals surface area contributed by atoms with Crippen molar-refractivity contribution in [3.8, 4) is 11.3 Å². The van der Waals surface area contributed by atoms with E-state index < -0.39 is 0 Å². The Morgan fingerprint density at radius 3 is 2.92 bits per heavy atom. The lowest BCUT2D eigenvalue weighted by Crippen LogP contribution is -2.14. The summed E-state index contributed by atoms with van der Waals surface area (Å²) < 4.78 is 7.97. The molecule has 1 aromatic carbocycles. The molecule has 0 atom stereocenters. The maximum atomic E-state index is 5.08. The molecule has 2 heterocycles. The average molecular weight is 405 g/mol. The summed E-state index contributed by atoms with van der Waals surface area (Å²) in [5.41, 5.74) is 3.01. The van der Waals surface area contributed by atoms with Gasteiger partial charge in [0, 0.05) is 28.7 Å². The van der Waals surface area contributed by atoms with Crippen LogP contribution < -0.4 is 4.80 Å². The minimum atomic E-state index is 0.586. The molecule has 24 heavy (non-hydrogen) atoms. The van der Waals surface area contributed by atoms with Crippen molar-refractivity contribution in [1.82, 2.24) is 9.66 Å². The number of nitrogens with one attached hydrogen (secondary N) is 1. The molecule has 3 aromatic rings. The monoisotopic (exact) mass is 404 g/mol. The lowest BCUT2D eigenvalue weighted by atomic mass is 10.2. The summed E-state index contributed by atoms with van der Waals surface area (Å²) in [7, 11) is 1.67. The van der Waals surface area contributed by atoms with Crippen LogP contribution in [0.25, 0.3) is 11.3 Å². The number of aromatic amines is 1. The number of rotatable bonds is 6. The van der Waals surface area contributed by atoms with E-state index in [9.17, 15) is 0 Å². The molecule has 0 bridgehead atoms. The second-order valence-electron chi connectivity index (χ2n) is 4.94. The van der Waals surface area contributed by atoms with Gasteiger partial charge in [0.2, 0.25) is 4.80 Å². The standard InChI is InChI=1S/C17H17BrN4OS/c1-23-10-9-20-17-22(21-11-13-5-4-8-19-13)16(12-24-17)14-6-2-3-7-15(14)18/h2-8,11-12,19H,9-10H2,1H3. The van der Waals surface area contributed by atoms with Gasteiger partial charge in [-0.15, -0.1) is 11.3 Å². The minimum absolute atomic E-state index is 0.586. The summed E-state index contributed by atoms with van der Waals surface area (Å²) in [4.78, 5) is 8.55. The van der Waals surface area contributed by atoms with Crippen LogP contribution in [0.5, 0.6) is 0 Å². The minimum Gasteiger partial charge on any atom is -0.383 e. The molecule has 3 rings (SSSR count). The first-order chi connectivity index (χ1) is 11.8. The summed E-state index contributed by atoms with van der Waals surface area (Å²) in [6.45, 7) is 1.19. The molecular formula is C17H17BrN4OS. The highest BCUT2D eigenvalue weighted by Gasteiger charge is 2.10. The van der Waals surface area contributed by atoms with Gasteiger partial charge in [-0.25, -0.2) is 4.68 Å². The third kappa shape index (κ3) is 3.92. The van der Waals surface area contributed by atoms with E-state index in [2.05, 4.69) is 42.5 Å².